The van der Waals surface area contributed by atoms with Gasteiger partial charge in [-0.2, -0.15) is 5.10 Å². The predicted octanol–water partition coefficient (Wildman–Crippen LogP) is 3.61. The van der Waals surface area contributed by atoms with Crippen LogP contribution in [0.2, 0.25) is 0 Å². The molecule has 0 aliphatic heterocycles. The molecule has 0 aliphatic rings. The van der Waals surface area contributed by atoms with Crippen LogP contribution in [0.5, 0.6) is 11.5 Å². The van der Waals surface area contributed by atoms with E-state index in [1.54, 1.807) is 19.4 Å². The Labute approximate surface area is 179 Å². The molecule has 2 heterocycles. The molecule has 4 aromatic rings. The Balaban J connectivity index is 1.61. The normalized spacial score (nSPS) is 10.8. The topological polar surface area (TPSA) is 115 Å². The second kappa shape index (κ2) is 9.27. The van der Waals surface area contributed by atoms with Crippen LogP contribution in [0.4, 0.5) is 5.82 Å². The highest BCUT2D eigenvalue weighted by Crippen LogP contribution is 2.38. The molecule has 0 spiro atoms. The molecule has 4 N–H and O–H groups in total. The first kappa shape index (κ1) is 20.4. The van der Waals surface area contributed by atoms with Crippen LogP contribution in [0.1, 0.15) is 16.9 Å². The summed E-state index contributed by atoms with van der Waals surface area (Å²) in [5.74, 6) is 1.30. The van der Waals surface area contributed by atoms with E-state index in [2.05, 4.69) is 20.5 Å². The molecule has 0 aliphatic carbocycles. The maximum Gasteiger partial charge on any atom is 0.276 e. The van der Waals surface area contributed by atoms with E-state index in [-0.39, 0.29) is 5.91 Å². The number of hydrogen-bond donors (Lipinski definition) is 3. The van der Waals surface area contributed by atoms with Gasteiger partial charge in [-0.05, 0) is 36.6 Å². The largest absolute Gasteiger partial charge is 0.496 e. The zero-order chi connectivity index (χ0) is 21.6. The third-order valence-electron chi connectivity index (χ3n) is 4.79. The minimum absolute atomic E-state index is 0.339. The summed E-state index contributed by atoms with van der Waals surface area (Å²) in [7, 11) is 1.59. The van der Waals surface area contributed by atoms with E-state index in [4.69, 9.17) is 15.2 Å². The Morgan fingerprint density at radius 1 is 1.13 bits per heavy atom. The summed E-state index contributed by atoms with van der Waals surface area (Å²) in [4.78, 5) is 17.1. The lowest BCUT2D eigenvalue weighted by Crippen LogP contribution is -2.14. The number of aromatic amines is 1. The Morgan fingerprint density at radius 2 is 1.97 bits per heavy atom. The highest BCUT2D eigenvalue weighted by molar-refractivity contribution is 6.11. The van der Waals surface area contributed by atoms with Crippen molar-refractivity contribution >= 4 is 22.5 Å². The second-order valence-electron chi connectivity index (χ2n) is 6.83. The number of nitrogens with two attached hydrogens (primary N) is 1. The lowest BCUT2D eigenvalue weighted by atomic mass is 10.1. The number of fused-ring (bicyclic) bond motifs is 1. The average Bonchev–Trinajstić information content (AvgIpc) is 3.26. The number of pyridine rings is 1. The van der Waals surface area contributed by atoms with Crippen molar-refractivity contribution in [3.05, 3.63) is 66.5 Å². The van der Waals surface area contributed by atoms with Crippen molar-refractivity contribution in [2.75, 3.05) is 25.6 Å². The van der Waals surface area contributed by atoms with Crippen LogP contribution < -0.4 is 20.5 Å². The molecular formula is C23H23N5O3. The van der Waals surface area contributed by atoms with E-state index in [0.717, 1.165) is 22.8 Å². The van der Waals surface area contributed by atoms with E-state index in [0.29, 0.717) is 41.9 Å². The highest BCUT2D eigenvalue weighted by Gasteiger charge is 2.18. The molecule has 0 saturated heterocycles. The van der Waals surface area contributed by atoms with Gasteiger partial charge in [0.15, 0.2) is 5.82 Å². The average molecular weight is 417 g/mol. The molecule has 0 saturated carbocycles. The van der Waals surface area contributed by atoms with Gasteiger partial charge in [0.2, 0.25) is 0 Å². The summed E-state index contributed by atoms with van der Waals surface area (Å²) in [5.41, 5.74) is 7.28. The lowest BCUT2D eigenvalue weighted by molar-refractivity contribution is 0.102. The molecule has 0 atom stereocenters. The minimum atomic E-state index is -0.339. The van der Waals surface area contributed by atoms with Crippen molar-refractivity contribution in [3.8, 4) is 22.8 Å². The van der Waals surface area contributed by atoms with Crippen LogP contribution >= 0.6 is 0 Å². The van der Waals surface area contributed by atoms with E-state index in [1.165, 1.54) is 0 Å². The van der Waals surface area contributed by atoms with Crippen molar-refractivity contribution < 1.29 is 14.3 Å². The molecule has 0 bridgehead atoms. The van der Waals surface area contributed by atoms with Crippen LogP contribution in [0, 0.1) is 0 Å². The fraction of sp³-hybridized carbons (Fsp3) is 0.174. The van der Waals surface area contributed by atoms with Gasteiger partial charge in [-0.15, -0.1) is 0 Å². The van der Waals surface area contributed by atoms with Crippen LogP contribution in [0.25, 0.3) is 22.0 Å². The van der Waals surface area contributed by atoms with E-state index in [9.17, 15) is 4.79 Å². The Bertz CT molecular complexity index is 1200. The zero-order valence-electron chi connectivity index (χ0n) is 17.1. The standard InChI is InChI=1S/C23H23N5O3/c1-30-18-8-4-9-19(31-13-5-11-24)21(18)17-14-20(28-27-17)26-23(29)22-16-7-3-2-6-15(16)10-12-25-22/h2-4,6-10,12,14H,5,11,13,24H2,1H3,(H2,26,27,28,29). The second-order valence-corrected chi connectivity index (χ2v) is 6.83. The molecule has 0 unspecified atom stereocenters. The highest BCUT2D eigenvalue weighted by atomic mass is 16.5. The molecule has 31 heavy (non-hydrogen) atoms. The molecule has 2 aromatic carbocycles. The van der Waals surface area contributed by atoms with Crippen molar-refractivity contribution in [1.29, 1.82) is 0 Å². The Hall–Kier alpha value is -3.91. The molecule has 0 fully saturated rings. The minimum Gasteiger partial charge on any atom is -0.496 e. The monoisotopic (exact) mass is 417 g/mol. The van der Waals surface area contributed by atoms with E-state index < -0.39 is 0 Å². The third-order valence-corrected chi connectivity index (χ3v) is 4.79. The SMILES string of the molecule is COc1cccc(OCCCN)c1-c1cc(NC(=O)c2nccc3ccccc23)n[nH]1. The van der Waals surface area contributed by atoms with Crippen molar-refractivity contribution in [3.63, 3.8) is 0 Å². The molecule has 2 aromatic heterocycles. The maximum atomic E-state index is 12.8. The van der Waals surface area contributed by atoms with Gasteiger partial charge < -0.3 is 20.5 Å². The van der Waals surface area contributed by atoms with Gasteiger partial charge in [0.1, 0.15) is 17.2 Å². The summed E-state index contributed by atoms with van der Waals surface area (Å²) in [6.07, 6.45) is 2.35. The van der Waals surface area contributed by atoms with Crippen LogP contribution in [-0.2, 0) is 0 Å². The van der Waals surface area contributed by atoms with Crippen molar-refractivity contribution in [2.24, 2.45) is 5.73 Å². The van der Waals surface area contributed by atoms with Gasteiger partial charge >= 0.3 is 0 Å². The summed E-state index contributed by atoms with van der Waals surface area (Å²) in [6, 6.07) is 16.7. The number of amides is 1. The smallest absolute Gasteiger partial charge is 0.276 e. The maximum absolute atomic E-state index is 12.8. The van der Waals surface area contributed by atoms with Gasteiger partial charge in [-0.1, -0.05) is 30.3 Å². The first-order chi connectivity index (χ1) is 15.2. The van der Waals surface area contributed by atoms with Gasteiger partial charge in [-0.3, -0.25) is 14.9 Å². The van der Waals surface area contributed by atoms with Crippen molar-refractivity contribution in [2.45, 2.75) is 6.42 Å². The zero-order valence-corrected chi connectivity index (χ0v) is 17.1. The molecule has 0 radical (unpaired) electrons. The number of nitrogens with zero attached hydrogens (tertiary/aromatic N) is 2. The number of hydrogen-bond acceptors (Lipinski definition) is 6. The Kier molecular flexibility index (Phi) is 6.09. The number of aromatic nitrogens is 3. The molecule has 4 rings (SSSR count). The predicted molar refractivity (Wildman–Crippen MR) is 119 cm³/mol. The molecule has 8 nitrogen and oxygen atoms in total. The molecule has 1 amide bonds. The number of benzene rings is 2. The number of carbonyl (C=O) groups is 1. The number of H-pyrrole nitrogens is 1. The fourth-order valence-electron chi connectivity index (χ4n) is 3.32. The van der Waals surface area contributed by atoms with Gasteiger partial charge in [0, 0.05) is 17.6 Å². The molecular weight excluding hydrogens is 394 g/mol. The van der Waals surface area contributed by atoms with Crippen molar-refractivity contribution in [1.82, 2.24) is 15.2 Å². The van der Waals surface area contributed by atoms with Gasteiger partial charge in [-0.25, -0.2) is 0 Å². The first-order valence-corrected chi connectivity index (χ1v) is 9.92. The van der Waals surface area contributed by atoms with E-state index in [1.807, 2.05) is 48.5 Å². The van der Waals surface area contributed by atoms with Gasteiger partial charge in [0.05, 0.1) is 25.0 Å². The fourth-order valence-corrected chi connectivity index (χ4v) is 3.32. The summed E-state index contributed by atoms with van der Waals surface area (Å²) in [6.45, 7) is 1.03. The Morgan fingerprint density at radius 3 is 2.81 bits per heavy atom. The quantitative estimate of drug-likeness (QED) is 0.377. The molecule has 158 valence electrons. The summed E-state index contributed by atoms with van der Waals surface area (Å²) in [5, 5.41) is 11.7. The third kappa shape index (κ3) is 4.34. The molecule has 8 heteroatoms. The van der Waals surface area contributed by atoms with Crippen LogP contribution in [-0.4, -0.2) is 41.3 Å². The first-order valence-electron chi connectivity index (χ1n) is 9.92. The van der Waals surface area contributed by atoms with Crippen LogP contribution in [0.15, 0.2) is 60.8 Å². The van der Waals surface area contributed by atoms with Gasteiger partial charge in [0.25, 0.3) is 5.91 Å². The lowest BCUT2D eigenvalue weighted by Gasteiger charge is -2.13. The number of rotatable bonds is 8. The number of carbonyl (C=O) groups excluding carboxylic acids is 1. The number of anilines is 1. The van der Waals surface area contributed by atoms with E-state index >= 15 is 0 Å². The summed E-state index contributed by atoms with van der Waals surface area (Å²) < 4.78 is 11.4. The number of nitrogens with one attached hydrogen (secondary N) is 2. The number of methoxy groups -OCH3 is 1. The van der Waals surface area contributed by atoms with Crippen LogP contribution in [0.3, 0.4) is 0 Å². The summed E-state index contributed by atoms with van der Waals surface area (Å²) >= 11 is 0. The number of ether oxygens (including phenoxy) is 2.